The lowest BCUT2D eigenvalue weighted by atomic mass is 9.83. The number of esters is 1. The van der Waals surface area contributed by atoms with Crippen molar-refractivity contribution in [3.63, 3.8) is 0 Å². The van der Waals surface area contributed by atoms with Crippen LogP contribution >= 0.6 is 0 Å². The first-order chi connectivity index (χ1) is 11.4. The molecule has 2 rings (SSSR count). The molecule has 24 heavy (non-hydrogen) atoms. The maximum atomic E-state index is 11.7. The molecule has 2 heterocycles. The summed E-state index contributed by atoms with van der Waals surface area (Å²) in [6.07, 6.45) is 13.1. The van der Waals surface area contributed by atoms with Crippen LogP contribution in [0.15, 0.2) is 23.8 Å². The lowest BCUT2D eigenvalue weighted by Gasteiger charge is -2.28. The summed E-state index contributed by atoms with van der Waals surface area (Å²) in [5.41, 5.74) is 0.691. The summed E-state index contributed by atoms with van der Waals surface area (Å²) < 4.78 is 12.1. The molecule has 0 unspecified atom stereocenters. The van der Waals surface area contributed by atoms with Crippen LogP contribution < -0.4 is 0 Å². The van der Waals surface area contributed by atoms with Crippen molar-refractivity contribution in [1.82, 2.24) is 0 Å². The Balaban J connectivity index is 2.14. The van der Waals surface area contributed by atoms with Crippen molar-refractivity contribution in [1.29, 1.82) is 0 Å². The van der Waals surface area contributed by atoms with Crippen molar-refractivity contribution in [2.75, 3.05) is 0 Å². The van der Waals surface area contributed by atoms with E-state index in [1.807, 2.05) is 0 Å². The summed E-state index contributed by atoms with van der Waals surface area (Å²) in [7, 11) is 0. The molecule has 0 saturated carbocycles. The first-order valence-corrected chi connectivity index (χ1v) is 9.67. The van der Waals surface area contributed by atoms with E-state index in [-0.39, 0.29) is 17.7 Å². The molecule has 0 bridgehead atoms. The zero-order chi connectivity index (χ0) is 17.8. The molecule has 4 atom stereocenters. The van der Waals surface area contributed by atoms with Gasteiger partial charge < -0.3 is 9.47 Å². The van der Waals surface area contributed by atoms with E-state index in [0.29, 0.717) is 12.3 Å². The van der Waals surface area contributed by atoms with Crippen LogP contribution in [-0.2, 0) is 14.3 Å². The fourth-order valence-corrected chi connectivity index (χ4v) is 4.22. The summed E-state index contributed by atoms with van der Waals surface area (Å²) in [6.45, 7) is 10.9. The molecule has 3 heteroatoms. The predicted octanol–water partition coefficient (Wildman–Crippen LogP) is 5.35. The second-order valence-electron chi connectivity index (χ2n) is 7.50. The van der Waals surface area contributed by atoms with Gasteiger partial charge in [0.15, 0.2) is 0 Å². The zero-order valence-corrected chi connectivity index (χ0v) is 16.1. The summed E-state index contributed by atoms with van der Waals surface area (Å²) in [5, 5.41) is 0. The Kier molecular flexibility index (Phi) is 6.30. The Labute approximate surface area is 147 Å². The molecular weight excluding hydrogens is 300 g/mol. The highest BCUT2D eigenvalue weighted by molar-refractivity contribution is 5.73. The van der Waals surface area contributed by atoms with Gasteiger partial charge in [-0.1, -0.05) is 51.5 Å². The van der Waals surface area contributed by atoms with Crippen LogP contribution in [0.25, 0.3) is 0 Å². The SMILES string of the molecule is CC/C=C/[C@H](CC)C/C(C)=C/[C@]1(CC)C[C@@]2(CC)OC(=O)C[C@H]2O1. The predicted molar refractivity (Wildman–Crippen MR) is 97.8 cm³/mol. The van der Waals surface area contributed by atoms with E-state index in [1.54, 1.807) is 0 Å². The smallest absolute Gasteiger partial charge is 0.309 e. The highest BCUT2D eigenvalue weighted by atomic mass is 16.6. The van der Waals surface area contributed by atoms with E-state index >= 15 is 0 Å². The zero-order valence-electron chi connectivity index (χ0n) is 16.1. The Morgan fingerprint density at radius 2 is 2.04 bits per heavy atom. The summed E-state index contributed by atoms with van der Waals surface area (Å²) in [4.78, 5) is 11.7. The summed E-state index contributed by atoms with van der Waals surface area (Å²) in [6, 6.07) is 0. The third-order valence-corrected chi connectivity index (χ3v) is 5.69. The molecule has 0 amide bonds. The monoisotopic (exact) mass is 334 g/mol. The normalized spacial score (nSPS) is 34.6. The molecule has 2 aliphatic heterocycles. The van der Waals surface area contributed by atoms with Gasteiger partial charge in [0.2, 0.25) is 0 Å². The minimum atomic E-state index is -0.407. The Morgan fingerprint density at radius 1 is 1.29 bits per heavy atom. The molecule has 2 saturated heterocycles. The number of hydrogen-bond donors (Lipinski definition) is 0. The third-order valence-electron chi connectivity index (χ3n) is 5.69. The average molecular weight is 335 g/mol. The van der Waals surface area contributed by atoms with E-state index in [4.69, 9.17) is 9.47 Å². The van der Waals surface area contributed by atoms with Gasteiger partial charge >= 0.3 is 5.97 Å². The number of hydrogen-bond acceptors (Lipinski definition) is 3. The molecule has 136 valence electrons. The molecule has 0 aromatic carbocycles. The van der Waals surface area contributed by atoms with Crippen LogP contribution in [0.1, 0.15) is 79.6 Å². The average Bonchev–Trinajstić information content (AvgIpc) is 3.01. The number of rotatable bonds is 8. The molecule has 2 aliphatic rings. The molecule has 0 aliphatic carbocycles. The number of carbonyl (C=O) groups excluding carboxylic acids is 1. The summed E-state index contributed by atoms with van der Waals surface area (Å²) >= 11 is 0. The van der Waals surface area contributed by atoms with Crippen LogP contribution in [-0.4, -0.2) is 23.3 Å². The summed E-state index contributed by atoms with van der Waals surface area (Å²) in [5.74, 6) is 0.483. The highest BCUT2D eigenvalue weighted by Gasteiger charge is 2.60. The molecule has 0 N–H and O–H groups in total. The fraction of sp³-hybridized carbons (Fsp3) is 0.762. The minimum absolute atomic E-state index is 0.0824. The van der Waals surface area contributed by atoms with Crippen molar-refractivity contribution in [2.24, 2.45) is 5.92 Å². The molecule has 3 nitrogen and oxygen atoms in total. The fourth-order valence-electron chi connectivity index (χ4n) is 4.22. The lowest BCUT2D eigenvalue weighted by molar-refractivity contribution is -0.149. The van der Waals surface area contributed by atoms with Gasteiger partial charge in [-0.15, -0.1) is 0 Å². The van der Waals surface area contributed by atoms with E-state index in [9.17, 15) is 4.79 Å². The van der Waals surface area contributed by atoms with Gasteiger partial charge in [-0.25, -0.2) is 0 Å². The molecule has 0 radical (unpaired) electrons. The van der Waals surface area contributed by atoms with Gasteiger partial charge in [0.1, 0.15) is 11.7 Å². The Bertz CT molecular complexity index is 507. The maximum absolute atomic E-state index is 11.7. The van der Waals surface area contributed by atoms with Crippen molar-refractivity contribution in [3.05, 3.63) is 23.8 Å². The first kappa shape index (κ1) is 19.2. The van der Waals surface area contributed by atoms with Crippen LogP contribution in [0.4, 0.5) is 0 Å². The van der Waals surface area contributed by atoms with Gasteiger partial charge in [-0.05, 0) is 44.9 Å². The number of ether oxygens (including phenoxy) is 2. The van der Waals surface area contributed by atoms with E-state index < -0.39 is 5.60 Å². The maximum Gasteiger partial charge on any atom is 0.309 e. The number of fused-ring (bicyclic) bond motifs is 1. The van der Waals surface area contributed by atoms with E-state index in [1.165, 1.54) is 5.57 Å². The van der Waals surface area contributed by atoms with Crippen molar-refractivity contribution in [3.8, 4) is 0 Å². The second-order valence-corrected chi connectivity index (χ2v) is 7.50. The number of allylic oxidation sites excluding steroid dienone is 3. The minimum Gasteiger partial charge on any atom is -0.456 e. The largest absolute Gasteiger partial charge is 0.456 e. The molecule has 0 aromatic heterocycles. The first-order valence-electron chi connectivity index (χ1n) is 9.67. The van der Waals surface area contributed by atoms with Gasteiger partial charge in [0.25, 0.3) is 0 Å². The van der Waals surface area contributed by atoms with Crippen LogP contribution in [0.2, 0.25) is 0 Å². The molecular formula is C21H34O3. The van der Waals surface area contributed by atoms with Crippen molar-refractivity contribution >= 4 is 5.97 Å². The van der Waals surface area contributed by atoms with E-state index in [0.717, 1.165) is 38.5 Å². The van der Waals surface area contributed by atoms with Gasteiger partial charge in [0, 0.05) is 6.42 Å². The Morgan fingerprint density at radius 3 is 2.58 bits per heavy atom. The Hall–Kier alpha value is -1.09. The van der Waals surface area contributed by atoms with Gasteiger partial charge in [-0.2, -0.15) is 0 Å². The van der Waals surface area contributed by atoms with Gasteiger partial charge in [-0.3, -0.25) is 4.79 Å². The second kappa shape index (κ2) is 7.86. The standard InChI is InChI=1S/C21H34O3/c1-6-10-11-17(7-2)12-16(5)14-20(8-3)15-21(9-4)18(23-20)13-19(22)24-21/h10-11,14,17-18H,6-9,12-13,15H2,1-5H3/b11-10+,16-14+/t17-,18+,20+,21+/m0/s1. The van der Waals surface area contributed by atoms with Crippen molar-refractivity contribution < 1.29 is 14.3 Å². The topological polar surface area (TPSA) is 35.5 Å². The van der Waals surface area contributed by atoms with Gasteiger partial charge in [0.05, 0.1) is 12.0 Å². The number of carbonyl (C=O) groups is 1. The molecule has 0 aromatic rings. The third kappa shape index (κ3) is 3.93. The quantitative estimate of drug-likeness (QED) is 0.443. The van der Waals surface area contributed by atoms with Crippen LogP contribution in [0.3, 0.4) is 0 Å². The van der Waals surface area contributed by atoms with Crippen LogP contribution in [0.5, 0.6) is 0 Å². The van der Waals surface area contributed by atoms with E-state index in [2.05, 4.69) is 52.8 Å². The molecule has 0 spiro atoms. The highest BCUT2D eigenvalue weighted by Crippen LogP contribution is 2.50. The molecule has 2 fully saturated rings. The lowest BCUT2D eigenvalue weighted by Crippen LogP contribution is -2.35. The van der Waals surface area contributed by atoms with Crippen molar-refractivity contribution in [2.45, 2.75) is 96.9 Å². The van der Waals surface area contributed by atoms with Crippen LogP contribution in [0, 0.1) is 5.92 Å².